The lowest BCUT2D eigenvalue weighted by Gasteiger charge is -2.51. The maximum Gasteiger partial charge on any atom is 0.364 e. The molecule has 33 heavy (non-hydrogen) atoms. The SMILES string of the molecule is CC1(C)N=C(c2ccc3c(c2)C=CC(c2ccccc2)(c2ccccc2)N3[O-])[N+](=O)C1(C)C. The van der Waals surface area contributed by atoms with E-state index < -0.39 is 16.6 Å². The van der Waals surface area contributed by atoms with Crippen LogP contribution in [0, 0.1) is 10.1 Å². The molecular weight excluding hydrogens is 410 g/mol. The van der Waals surface area contributed by atoms with E-state index in [1.54, 1.807) is 6.07 Å². The van der Waals surface area contributed by atoms with E-state index >= 15 is 0 Å². The predicted molar refractivity (Wildman–Crippen MR) is 133 cm³/mol. The lowest BCUT2D eigenvalue weighted by atomic mass is 9.79. The van der Waals surface area contributed by atoms with E-state index in [1.807, 2.05) is 113 Å². The zero-order valence-electron chi connectivity index (χ0n) is 19.3. The van der Waals surface area contributed by atoms with Crippen molar-refractivity contribution in [2.75, 3.05) is 5.06 Å². The van der Waals surface area contributed by atoms with Gasteiger partial charge in [-0.25, -0.2) is 0 Å². The van der Waals surface area contributed by atoms with Crippen LogP contribution in [0.1, 0.15) is 49.9 Å². The van der Waals surface area contributed by atoms with Crippen molar-refractivity contribution in [3.63, 3.8) is 0 Å². The van der Waals surface area contributed by atoms with Crippen molar-refractivity contribution >= 4 is 17.6 Å². The van der Waals surface area contributed by atoms with Gasteiger partial charge < -0.3 is 10.3 Å². The van der Waals surface area contributed by atoms with Crippen LogP contribution in [-0.2, 0) is 5.54 Å². The highest BCUT2D eigenvalue weighted by Crippen LogP contribution is 2.45. The number of fused-ring (bicyclic) bond motifs is 1. The maximum absolute atomic E-state index is 14.0. The summed E-state index contributed by atoms with van der Waals surface area (Å²) in [5, 5.41) is 15.1. The minimum Gasteiger partial charge on any atom is -0.757 e. The van der Waals surface area contributed by atoms with Gasteiger partial charge in [0.2, 0.25) is 0 Å². The number of nitroso groups, excluding NO2 is 1. The number of nitrogens with zero attached hydrogens (tertiary/aromatic N) is 3. The van der Waals surface area contributed by atoms with Gasteiger partial charge in [-0.2, -0.15) is 0 Å². The molecular formula is C28H27N3O2. The van der Waals surface area contributed by atoms with Crippen LogP contribution in [0.3, 0.4) is 0 Å². The molecule has 2 aliphatic rings. The highest BCUT2D eigenvalue weighted by molar-refractivity contribution is 5.96. The Labute approximate surface area is 194 Å². The summed E-state index contributed by atoms with van der Waals surface area (Å²) in [5.41, 5.74) is 1.68. The fourth-order valence-electron chi connectivity index (χ4n) is 4.60. The minimum atomic E-state index is -0.976. The van der Waals surface area contributed by atoms with E-state index in [0.29, 0.717) is 17.1 Å². The molecule has 2 aliphatic heterocycles. The van der Waals surface area contributed by atoms with Gasteiger partial charge in [0, 0.05) is 5.69 Å². The van der Waals surface area contributed by atoms with Crippen molar-refractivity contribution in [3.05, 3.63) is 117 Å². The van der Waals surface area contributed by atoms with Crippen LogP contribution in [-0.4, -0.2) is 21.7 Å². The van der Waals surface area contributed by atoms with Crippen molar-refractivity contribution in [2.45, 2.75) is 44.3 Å². The van der Waals surface area contributed by atoms with Crippen molar-refractivity contribution in [1.29, 1.82) is 0 Å². The third-order valence-electron chi connectivity index (χ3n) is 7.34. The number of aliphatic imine (C=N–C) groups is 1. The van der Waals surface area contributed by atoms with Crippen LogP contribution in [0.4, 0.5) is 5.69 Å². The van der Waals surface area contributed by atoms with Gasteiger partial charge in [0.15, 0.2) is 11.1 Å². The van der Waals surface area contributed by atoms with Crippen molar-refractivity contribution in [3.8, 4) is 0 Å². The average Bonchev–Trinajstić information content (AvgIpc) is 2.99. The molecule has 0 amide bonds. The minimum absolute atomic E-state index is 0.404. The molecule has 0 unspecified atom stereocenters. The first-order chi connectivity index (χ1) is 15.7. The Bertz CT molecular complexity index is 1250. The quantitative estimate of drug-likeness (QED) is 0.468. The molecule has 5 nitrogen and oxygen atoms in total. The van der Waals surface area contributed by atoms with E-state index in [1.165, 1.54) is 0 Å². The van der Waals surface area contributed by atoms with Gasteiger partial charge >= 0.3 is 5.84 Å². The smallest absolute Gasteiger partial charge is 0.364 e. The molecule has 166 valence electrons. The molecule has 5 heteroatoms. The van der Waals surface area contributed by atoms with Crippen molar-refractivity contribution < 1.29 is 4.76 Å². The standard InChI is InChI=1S/C28H27N3O2/c1-26(2)27(3,4)31(33)25(29-26)21-15-16-24-20(19-21)17-18-28(30(24)32,22-11-7-5-8-12-22)23-13-9-6-10-14-23/h5-19H,1-4H3. The van der Waals surface area contributed by atoms with Gasteiger partial charge in [-0.3, -0.25) is 0 Å². The van der Waals surface area contributed by atoms with Crippen molar-refractivity contribution in [1.82, 2.24) is 0 Å². The van der Waals surface area contributed by atoms with E-state index in [2.05, 4.69) is 0 Å². The number of hydrogen-bond acceptors (Lipinski definition) is 4. The molecule has 0 N–H and O–H groups in total. The number of amidine groups is 1. The Hall–Kier alpha value is -3.57. The molecule has 0 aliphatic carbocycles. The first-order valence-electron chi connectivity index (χ1n) is 11.2. The van der Waals surface area contributed by atoms with Gasteiger partial charge in [-0.1, -0.05) is 82.7 Å². The van der Waals surface area contributed by atoms with E-state index in [9.17, 15) is 10.1 Å². The predicted octanol–water partition coefficient (Wildman–Crippen LogP) is 6.06. The molecule has 0 fully saturated rings. The Morgan fingerprint density at radius 1 is 0.848 bits per heavy atom. The van der Waals surface area contributed by atoms with Gasteiger partial charge in [0.25, 0.3) is 0 Å². The van der Waals surface area contributed by atoms with Crippen LogP contribution in [0.15, 0.2) is 89.9 Å². The normalized spacial score (nSPS) is 19.8. The molecule has 3 aromatic rings. The Balaban J connectivity index is 1.63. The summed E-state index contributed by atoms with van der Waals surface area (Å²) >= 11 is 0. The fourth-order valence-corrected chi connectivity index (χ4v) is 4.60. The van der Waals surface area contributed by atoms with Gasteiger partial charge in [0.05, 0.1) is 11.1 Å². The zero-order valence-corrected chi connectivity index (χ0v) is 19.3. The second-order valence-corrected chi connectivity index (χ2v) is 9.75. The zero-order chi connectivity index (χ0) is 23.4. The molecule has 0 saturated heterocycles. The van der Waals surface area contributed by atoms with E-state index in [-0.39, 0.29) is 0 Å². The number of anilines is 1. The third kappa shape index (κ3) is 3.00. The summed E-state index contributed by atoms with van der Waals surface area (Å²) in [4.78, 5) is 17.8. The molecule has 5 rings (SSSR count). The fraction of sp³-hybridized carbons (Fsp3) is 0.250. The number of benzene rings is 3. The van der Waals surface area contributed by atoms with Crippen LogP contribution < -0.4 is 5.06 Å². The topological polar surface area (TPSA) is 58.7 Å². The van der Waals surface area contributed by atoms with Crippen LogP contribution >= 0.6 is 0 Å². The molecule has 0 radical (unpaired) electrons. The largest absolute Gasteiger partial charge is 0.757 e. The van der Waals surface area contributed by atoms with E-state index in [4.69, 9.17) is 4.99 Å². The molecule has 0 atom stereocenters. The van der Waals surface area contributed by atoms with Gasteiger partial charge in [-0.15, -0.1) is 0 Å². The molecule has 0 saturated carbocycles. The lowest BCUT2D eigenvalue weighted by Crippen LogP contribution is -2.47. The van der Waals surface area contributed by atoms with Gasteiger partial charge in [-0.05, 0) is 67.3 Å². The number of hydroxylamine groups is 1. The number of rotatable bonds is 3. The Kier molecular flexibility index (Phi) is 4.66. The summed E-state index contributed by atoms with van der Waals surface area (Å²) < 4.78 is 0.995. The first kappa shape index (κ1) is 21.3. The third-order valence-corrected chi connectivity index (χ3v) is 7.34. The molecule has 0 bridgehead atoms. The molecule has 3 aromatic carbocycles. The second-order valence-electron chi connectivity index (χ2n) is 9.75. The van der Waals surface area contributed by atoms with Crippen LogP contribution in [0.25, 0.3) is 6.08 Å². The highest BCUT2D eigenvalue weighted by Gasteiger charge is 2.59. The second kappa shape index (κ2) is 7.22. The molecule has 0 spiro atoms. The summed E-state index contributed by atoms with van der Waals surface area (Å²) in [6.07, 6.45) is 3.93. The Morgan fingerprint density at radius 2 is 1.42 bits per heavy atom. The van der Waals surface area contributed by atoms with E-state index in [0.717, 1.165) is 26.5 Å². The molecule has 0 aromatic heterocycles. The molecule has 2 heterocycles. The summed E-state index contributed by atoms with van der Waals surface area (Å²) in [5.74, 6) is 0.404. The number of hydrogen-bond donors (Lipinski definition) is 0. The van der Waals surface area contributed by atoms with Crippen molar-refractivity contribution in [2.24, 2.45) is 4.99 Å². The lowest BCUT2D eigenvalue weighted by molar-refractivity contribution is -0.514. The van der Waals surface area contributed by atoms with Gasteiger partial charge in [0.1, 0.15) is 0 Å². The Morgan fingerprint density at radius 3 is 1.94 bits per heavy atom. The monoisotopic (exact) mass is 437 g/mol. The summed E-state index contributed by atoms with van der Waals surface area (Å²) in [6, 6.07) is 25.1. The average molecular weight is 438 g/mol. The highest BCUT2D eigenvalue weighted by atomic mass is 16.5. The maximum atomic E-state index is 14.0. The first-order valence-corrected chi connectivity index (χ1v) is 11.2. The summed E-state index contributed by atoms with van der Waals surface area (Å²) in [7, 11) is 0. The van der Waals surface area contributed by atoms with Crippen LogP contribution in [0.2, 0.25) is 0 Å². The summed E-state index contributed by atoms with van der Waals surface area (Å²) in [6.45, 7) is 7.75. The van der Waals surface area contributed by atoms with Crippen LogP contribution in [0.5, 0.6) is 0 Å².